The third-order valence-corrected chi connectivity index (χ3v) is 3.46. The number of pyridine rings is 1. The number of hydrogen-bond acceptors (Lipinski definition) is 3. The molecule has 0 aliphatic carbocycles. The summed E-state index contributed by atoms with van der Waals surface area (Å²) in [5, 5.41) is 0. The summed E-state index contributed by atoms with van der Waals surface area (Å²) < 4.78 is 1.00. The van der Waals surface area contributed by atoms with Crippen LogP contribution in [0.1, 0.15) is 12.5 Å². The first-order valence-electron chi connectivity index (χ1n) is 6.36. The van der Waals surface area contributed by atoms with Crippen LogP contribution in [0.2, 0.25) is 0 Å². The van der Waals surface area contributed by atoms with Gasteiger partial charge in [-0.25, -0.2) is 4.98 Å². The molecule has 104 valence electrons. The van der Waals surface area contributed by atoms with Crippen molar-refractivity contribution in [3.8, 4) is 0 Å². The SMILES string of the molecule is CCN(C(=O)Cc1ccc(Br)cc1)c1ccc(N)cn1. The van der Waals surface area contributed by atoms with Crippen LogP contribution in [0.5, 0.6) is 0 Å². The Bertz CT molecular complexity index is 581. The number of carbonyl (C=O) groups is 1. The number of likely N-dealkylation sites (N-methyl/N-ethyl adjacent to an activating group) is 1. The second-order valence-electron chi connectivity index (χ2n) is 4.39. The highest BCUT2D eigenvalue weighted by Gasteiger charge is 2.15. The Labute approximate surface area is 126 Å². The van der Waals surface area contributed by atoms with Crippen molar-refractivity contribution in [1.82, 2.24) is 4.98 Å². The van der Waals surface area contributed by atoms with E-state index in [1.165, 1.54) is 0 Å². The lowest BCUT2D eigenvalue weighted by Gasteiger charge is -2.20. The van der Waals surface area contributed by atoms with Gasteiger partial charge in [0.05, 0.1) is 18.3 Å². The third-order valence-electron chi connectivity index (χ3n) is 2.93. The average Bonchev–Trinajstić information content (AvgIpc) is 2.44. The van der Waals surface area contributed by atoms with Crippen molar-refractivity contribution < 1.29 is 4.79 Å². The number of anilines is 2. The van der Waals surface area contributed by atoms with Crippen molar-refractivity contribution in [2.75, 3.05) is 17.2 Å². The van der Waals surface area contributed by atoms with Crippen LogP contribution in [-0.4, -0.2) is 17.4 Å². The molecule has 1 amide bonds. The van der Waals surface area contributed by atoms with Crippen LogP contribution in [0.25, 0.3) is 0 Å². The second-order valence-corrected chi connectivity index (χ2v) is 5.31. The van der Waals surface area contributed by atoms with Gasteiger partial charge in [-0.2, -0.15) is 0 Å². The minimum Gasteiger partial charge on any atom is -0.397 e. The summed E-state index contributed by atoms with van der Waals surface area (Å²) in [5.41, 5.74) is 7.18. The Kier molecular flexibility index (Phi) is 4.74. The lowest BCUT2D eigenvalue weighted by Crippen LogP contribution is -2.32. The summed E-state index contributed by atoms with van der Waals surface area (Å²) in [4.78, 5) is 18.2. The molecule has 0 spiro atoms. The van der Waals surface area contributed by atoms with Crippen molar-refractivity contribution >= 4 is 33.3 Å². The molecular weight excluding hydrogens is 318 g/mol. The first kappa shape index (κ1) is 14.5. The number of nitrogens with two attached hydrogens (primary N) is 1. The Morgan fingerprint density at radius 2 is 1.95 bits per heavy atom. The topological polar surface area (TPSA) is 59.2 Å². The molecule has 0 saturated carbocycles. The number of halogens is 1. The summed E-state index contributed by atoms with van der Waals surface area (Å²) in [6.07, 6.45) is 1.91. The van der Waals surface area contributed by atoms with Gasteiger partial charge in [0.15, 0.2) is 0 Å². The Hall–Kier alpha value is -1.88. The van der Waals surface area contributed by atoms with Crippen LogP contribution in [-0.2, 0) is 11.2 Å². The molecule has 1 heterocycles. The van der Waals surface area contributed by atoms with Gasteiger partial charge in [-0.15, -0.1) is 0 Å². The molecule has 2 N–H and O–H groups in total. The first-order valence-corrected chi connectivity index (χ1v) is 7.15. The van der Waals surface area contributed by atoms with Crippen LogP contribution in [0.3, 0.4) is 0 Å². The van der Waals surface area contributed by atoms with E-state index >= 15 is 0 Å². The normalized spacial score (nSPS) is 10.3. The maximum absolute atomic E-state index is 12.4. The molecule has 0 atom stereocenters. The Balaban J connectivity index is 2.13. The minimum atomic E-state index is 0.0205. The van der Waals surface area contributed by atoms with Crippen molar-refractivity contribution in [2.24, 2.45) is 0 Å². The first-order chi connectivity index (χ1) is 9.60. The van der Waals surface area contributed by atoms with E-state index in [4.69, 9.17) is 5.73 Å². The fourth-order valence-electron chi connectivity index (χ4n) is 1.90. The van der Waals surface area contributed by atoms with Gasteiger partial charge in [0.25, 0.3) is 0 Å². The van der Waals surface area contributed by atoms with Gasteiger partial charge in [-0.1, -0.05) is 28.1 Å². The fourth-order valence-corrected chi connectivity index (χ4v) is 2.16. The molecule has 0 aliphatic heterocycles. The van der Waals surface area contributed by atoms with E-state index in [0.717, 1.165) is 10.0 Å². The fraction of sp³-hybridized carbons (Fsp3) is 0.200. The van der Waals surface area contributed by atoms with Crippen LogP contribution in [0.15, 0.2) is 47.1 Å². The zero-order chi connectivity index (χ0) is 14.5. The molecule has 2 rings (SSSR count). The van der Waals surface area contributed by atoms with Crippen LogP contribution in [0, 0.1) is 0 Å². The molecule has 0 unspecified atom stereocenters. The monoisotopic (exact) mass is 333 g/mol. The zero-order valence-electron chi connectivity index (χ0n) is 11.2. The standard InChI is InChI=1S/C15H16BrN3O/c1-2-19(14-8-7-13(17)10-18-14)15(20)9-11-3-5-12(16)6-4-11/h3-8,10H,2,9,17H2,1H3. The quantitative estimate of drug-likeness (QED) is 0.935. The maximum atomic E-state index is 12.4. The van der Waals surface area contributed by atoms with Crippen molar-refractivity contribution in [1.29, 1.82) is 0 Å². The minimum absolute atomic E-state index is 0.0205. The van der Waals surface area contributed by atoms with E-state index in [2.05, 4.69) is 20.9 Å². The summed E-state index contributed by atoms with van der Waals surface area (Å²) in [5.74, 6) is 0.649. The number of benzene rings is 1. The average molecular weight is 334 g/mol. The molecule has 1 aromatic heterocycles. The van der Waals surface area contributed by atoms with Crippen molar-refractivity contribution in [3.63, 3.8) is 0 Å². The number of nitrogens with zero attached hydrogens (tertiary/aromatic N) is 2. The highest BCUT2D eigenvalue weighted by atomic mass is 79.9. The van der Waals surface area contributed by atoms with E-state index in [-0.39, 0.29) is 5.91 Å². The number of amides is 1. The zero-order valence-corrected chi connectivity index (χ0v) is 12.8. The second kappa shape index (κ2) is 6.52. The summed E-state index contributed by atoms with van der Waals surface area (Å²) >= 11 is 3.38. The van der Waals surface area contributed by atoms with Gasteiger partial charge >= 0.3 is 0 Å². The van der Waals surface area contributed by atoms with Gasteiger partial charge in [-0.3, -0.25) is 9.69 Å². The van der Waals surface area contributed by atoms with E-state index in [1.807, 2.05) is 31.2 Å². The van der Waals surface area contributed by atoms with Gasteiger partial charge in [0.1, 0.15) is 5.82 Å². The predicted octanol–water partition coefficient (Wildman–Crippen LogP) is 3.02. The molecule has 2 aromatic rings. The lowest BCUT2D eigenvalue weighted by atomic mass is 10.1. The molecule has 0 fully saturated rings. The highest BCUT2D eigenvalue weighted by Crippen LogP contribution is 2.15. The highest BCUT2D eigenvalue weighted by molar-refractivity contribution is 9.10. The molecule has 0 bridgehead atoms. The molecule has 1 aromatic carbocycles. The summed E-state index contributed by atoms with van der Waals surface area (Å²) in [6, 6.07) is 11.2. The summed E-state index contributed by atoms with van der Waals surface area (Å²) in [6.45, 7) is 2.50. The van der Waals surface area contributed by atoms with E-state index in [9.17, 15) is 4.79 Å². The number of rotatable bonds is 4. The third kappa shape index (κ3) is 3.57. The molecule has 5 heteroatoms. The molecule has 0 radical (unpaired) electrons. The molecule has 20 heavy (non-hydrogen) atoms. The Morgan fingerprint density at radius 3 is 2.50 bits per heavy atom. The Morgan fingerprint density at radius 1 is 1.25 bits per heavy atom. The largest absolute Gasteiger partial charge is 0.397 e. The number of hydrogen-bond donors (Lipinski definition) is 1. The van der Waals surface area contributed by atoms with Crippen molar-refractivity contribution in [2.45, 2.75) is 13.3 Å². The van der Waals surface area contributed by atoms with Gasteiger partial charge < -0.3 is 5.73 Å². The molecule has 0 aliphatic rings. The van der Waals surface area contributed by atoms with Gasteiger partial charge in [-0.05, 0) is 36.8 Å². The summed E-state index contributed by atoms with van der Waals surface area (Å²) in [7, 11) is 0. The number of aromatic nitrogens is 1. The van der Waals surface area contributed by atoms with E-state index in [1.54, 1.807) is 23.2 Å². The number of nitrogen functional groups attached to an aromatic ring is 1. The molecule has 0 saturated heterocycles. The maximum Gasteiger partial charge on any atom is 0.232 e. The van der Waals surface area contributed by atoms with Crippen LogP contribution < -0.4 is 10.6 Å². The van der Waals surface area contributed by atoms with Crippen molar-refractivity contribution in [3.05, 3.63) is 52.6 Å². The smallest absolute Gasteiger partial charge is 0.232 e. The van der Waals surface area contributed by atoms with E-state index < -0.39 is 0 Å². The molecular formula is C15H16BrN3O. The predicted molar refractivity (Wildman–Crippen MR) is 84.5 cm³/mol. The van der Waals surface area contributed by atoms with E-state index in [0.29, 0.717) is 24.5 Å². The van der Waals surface area contributed by atoms with Gasteiger partial charge in [0.2, 0.25) is 5.91 Å². The van der Waals surface area contributed by atoms with Crippen LogP contribution >= 0.6 is 15.9 Å². The van der Waals surface area contributed by atoms with Crippen LogP contribution in [0.4, 0.5) is 11.5 Å². The molecule has 4 nitrogen and oxygen atoms in total. The van der Waals surface area contributed by atoms with Gasteiger partial charge in [0, 0.05) is 11.0 Å². The number of carbonyl (C=O) groups excluding carboxylic acids is 1. The lowest BCUT2D eigenvalue weighted by molar-refractivity contribution is -0.118.